The van der Waals surface area contributed by atoms with Crippen LogP contribution in [0.5, 0.6) is 0 Å². The summed E-state index contributed by atoms with van der Waals surface area (Å²) in [5, 5.41) is 0. The third-order valence-corrected chi connectivity index (χ3v) is 3.89. The van der Waals surface area contributed by atoms with Crippen molar-refractivity contribution < 1.29 is 4.79 Å². The molecule has 19 heavy (non-hydrogen) atoms. The molecular weight excluding hydrogens is 238 g/mol. The Labute approximate surface area is 115 Å². The highest BCUT2D eigenvalue weighted by molar-refractivity contribution is 5.94. The number of carbonyl (C=O) groups is 1. The number of rotatable bonds is 2. The van der Waals surface area contributed by atoms with Crippen molar-refractivity contribution in [2.45, 2.75) is 19.4 Å². The largest absolute Gasteiger partial charge is 0.378 e. The number of hydrogen-bond donors (Lipinski definition) is 1. The maximum absolute atomic E-state index is 12.4. The van der Waals surface area contributed by atoms with Crippen LogP contribution in [0.3, 0.4) is 0 Å². The Morgan fingerprint density at radius 2 is 1.95 bits per heavy atom. The number of likely N-dealkylation sites (tertiary alicyclic amines) is 1. The number of nitrogens with zero attached hydrogens (tertiary/aromatic N) is 2. The number of carbonyl (C=O) groups excluding carboxylic acids is 1. The van der Waals surface area contributed by atoms with Gasteiger partial charge in [0.1, 0.15) is 0 Å². The van der Waals surface area contributed by atoms with Crippen molar-refractivity contribution in [3.05, 3.63) is 29.8 Å². The molecule has 2 atom stereocenters. The van der Waals surface area contributed by atoms with Crippen molar-refractivity contribution >= 4 is 11.6 Å². The standard InChI is InChI=1S/C15H23N3O/c1-11-10-18(9-8-14(11)16)15(19)12-4-6-13(7-5-12)17(2)3/h4-7,11,14H,8-10,16H2,1-3H3. The molecule has 0 bridgehead atoms. The Morgan fingerprint density at radius 1 is 1.32 bits per heavy atom. The minimum absolute atomic E-state index is 0.115. The molecule has 2 unspecified atom stereocenters. The van der Waals surface area contributed by atoms with Gasteiger partial charge < -0.3 is 15.5 Å². The molecule has 1 aromatic rings. The third-order valence-electron chi connectivity index (χ3n) is 3.89. The maximum Gasteiger partial charge on any atom is 0.253 e. The Balaban J connectivity index is 2.07. The summed E-state index contributed by atoms with van der Waals surface area (Å²) in [4.78, 5) is 16.3. The molecule has 0 radical (unpaired) electrons. The second-order valence-corrected chi connectivity index (χ2v) is 5.62. The van der Waals surface area contributed by atoms with Gasteiger partial charge in [-0.2, -0.15) is 0 Å². The second-order valence-electron chi connectivity index (χ2n) is 5.62. The smallest absolute Gasteiger partial charge is 0.253 e. The highest BCUT2D eigenvalue weighted by Crippen LogP contribution is 2.19. The first-order chi connectivity index (χ1) is 8.99. The number of benzene rings is 1. The first-order valence-corrected chi connectivity index (χ1v) is 6.81. The summed E-state index contributed by atoms with van der Waals surface area (Å²) in [7, 11) is 3.98. The maximum atomic E-state index is 12.4. The molecule has 0 aromatic heterocycles. The zero-order chi connectivity index (χ0) is 14.0. The first-order valence-electron chi connectivity index (χ1n) is 6.81. The van der Waals surface area contributed by atoms with Crippen LogP contribution in [0.2, 0.25) is 0 Å². The van der Waals surface area contributed by atoms with E-state index in [1.165, 1.54) is 0 Å². The Hall–Kier alpha value is -1.55. The zero-order valence-corrected chi connectivity index (χ0v) is 12.0. The van der Waals surface area contributed by atoms with Gasteiger partial charge in [0.05, 0.1) is 0 Å². The van der Waals surface area contributed by atoms with Crippen LogP contribution in [0, 0.1) is 5.92 Å². The summed E-state index contributed by atoms with van der Waals surface area (Å²) in [5.41, 5.74) is 7.85. The van der Waals surface area contributed by atoms with Crippen molar-refractivity contribution in [3.8, 4) is 0 Å². The molecule has 0 aliphatic carbocycles. The van der Waals surface area contributed by atoms with Gasteiger partial charge in [-0.15, -0.1) is 0 Å². The SMILES string of the molecule is CC1CN(C(=O)c2ccc(N(C)C)cc2)CCC1N. The molecule has 1 heterocycles. The molecule has 0 saturated carbocycles. The number of nitrogens with two attached hydrogens (primary N) is 1. The van der Waals surface area contributed by atoms with Crippen molar-refractivity contribution in [2.75, 3.05) is 32.1 Å². The average Bonchev–Trinajstić information content (AvgIpc) is 2.41. The van der Waals surface area contributed by atoms with E-state index in [0.29, 0.717) is 5.92 Å². The molecule has 4 heteroatoms. The Morgan fingerprint density at radius 3 is 2.47 bits per heavy atom. The molecule has 1 aromatic carbocycles. The summed E-state index contributed by atoms with van der Waals surface area (Å²) in [6.45, 7) is 3.63. The first kappa shape index (κ1) is 13.9. The van der Waals surface area contributed by atoms with Gasteiger partial charge in [-0.05, 0) is 36.6 Å². The summed E-state index contributed by atoms with van der Waals surface area (Å²) in [6, 6.07) is 7.98. The lowest BCUT2D eigenvalue weighted by atomic mass is 9.94. The van der Waals surface area contributed by atoms with Gasteiger partial charge >= 0.3 is 0 Å². The van der Waals surface area contributed by atoms with Gasteiger partial charge in [0.2, 0.25) is 0 Å². The summed E-state index contributed by atoms with van der Waals surface area (Å²) >= 11 is 0. The van der Waals surface area contributed by atoms with E-state index in [1.54, 1.807) is 0 Å². The van der Waals surface area contributed by atoms with E-state index < -0.39 is 0 Å². The normalized spacial score (nSPS) is 23.3. The lowest BCUT2D eigenvalue weighted by Crippen LogP contribution is -2.48. The van der Waals surface area contributed by atoms with Crippen LogP contribution in [0.25, 0.3) is 0 Å². The van der Waals surface area contributed by atoms with Crippen molar-refractivity contribution in [1.82, 2.24) is 4.90 Å². The van der Waals surface area contributed by atoms with Gasteiger partial charge in [-0.25, -0.2) is 0 Å². The molecule has 1 fully saturated rings. The van der Waals surface area contributed by atoms with Gasteiger partial charge in [-0.1, -0.05) is 6.92 Å². The molecule has 1 amide bonds. The van der Waals surface area contributed by atoms with E-state index in [1.807, 2.05) is 48.2 Å². The van der Waals surface area contributed by atoms with Crippen LogP contribution in [-0.2, 0) is 0 Å². The van der Waals surface area contributed by atoms with Crippen LogP contribution in [0.4, 0.5) is 5.69 Å². The minimum Gasteiger partial charge on any atom is -0.378 e. The van der Waals surface area contributed by atoms with E-state index in [9.17, 15) is 4.79 Å². The third kappa shape index (κ3) is 3.07. The Kier molecular flexibility index (Phi) is 4.10. The summed E-state index contributed by atoms with van der Waals surface area (Å²) < 4.78 is 0. The molecule has 1 aliphatic heterocycles. The van der Waals surface area contributed by atoms with Crippen LogP contribution < -0.4 is 10.6 Å². The van der Waals surface area contributed by atoms with Crippen LogP contribution in [0.1, 0.15) is 23.7 Å². The number of hydrogen-bond acceptors (Lipinski definition) is 3. The fourth-order valence-corrected chi connectivity index (χ4v) is 2.43. The Bertz CT molecular complexity index is 441. The van der Waals surface area contributed by atoms with E-state index in [-0.39, 0.29) is 11.9 Å². The quantitative estimate of drug-likeness (QED) is 0.879. The highest BCUT2D eigenvalue weighted by atomic mass is 16.2. The van der Waals surface area contributed by atoms with Crippen molar-refractivity contribution in [2.24, 2.45) is 11.7 Å². The number of anilines is 1. The van der Waals surface area contributed by atoms with E-state index in [0.717, 1.165) is 30.8 Å². The van der Waals surface area contributed by atoms with Crippen LogP contribution in [-0.4, -0.2) is 44.0 Å². The summed E-state index contributed by atoms with van der Waals surface area (Å²) in [6.07, 6.45) is 0.892. The predicted molar refractivity (Wildman–Crippen MR) is 78.4 cm³/mol. The van der Waals surface area contributed by atoms with Gasteiger partial charge in [0, 0.05) is 44.5 Å². The van der Waals surface area contributed by atoms with Gasteiger partial charge in [0.25, 0.3) is 5.91 Å². The van der Waals surface area contributed by atoms with E-state index in [2.05, 4.69) is 6.92 Å². The molecule has 2 N–H and O–H groups in total. The van der Waals surface area contributed by atoms with Crippen LogP contribution >= 0.6 is 0 Å². The zero-order valence-electron chi connectivity index (χ0n) is 12.0. The number of piperidine rings is 1. The highest BCUT2D eigenvalue weighted by Gasteiger charge is 2.26. The van der Waals surface area contributed by atoms with E-state index >= 15 is 0 Å². The predicted octanol–water partition coefficient (Wildman–Crippen LogP) is 1.56. The molecular formula is C15H23N3O. The van der Waals surface area contributed by atoms with Crippen LogP contribution in [0.15, 0.2) is 24.3 Å². The fourth-order valence-electron chi connectivity index (χ4n) is 2.43. The van der Waals surface area contributed by atoms with Crippen molar-refractivity contribution in [1.29, 1.82) is 0 Å². The number of amides is 1. The molecule has 104 valence electrons. The average molecular weight is 261 g/mol. The second kappa shape index (κ2) is 5.61. The molecule has 2 rings (SSSR count). The molecule has 1 saturated heterocycles. The molecule has 1 aliphatic rings. The summed E-state index contributed by atoms with van der Waals surface area (Å²) in [5.74, 6) is 0.489. The minimum atomic E-state index is 0.115. The van der Waals surface area contributed by atoms with E-state index in [4.69, 9.17) is 5.73 Å². The fraction of sp³-hybridized carbons (Fsp3) is 0.533. The monoisotopic (exact) mass is 261 g/mol. The van der Waals surface area contributed by atoms with Gasteiger partial charge in [-0.3, -0.25) is 4.79 Å². The van der Waals surface area contributed by atoms with Crippen molar-refractivity contribution in [3.63, 3.8) is 0 Å². The lowest BCUT2D eigenvalue weighted by molar-refractivity contribution is 0.0664. The molecule has 4 nitrogen and oxygen atoms in total. The van der Waals surface area contributed by atoms with Gasteiger partial charge in [0.15, 0.2) is 0 Å². The lowest BCUT2D eigenvalue weighted by Gasteiger charge is -2.35. The topological polar surface area (TPSA) is 49.6 Å². The molecule has 0 spiro atoms.